The summed E-state index contributed by atoms with van der Waals surface area (Å²) in [7, 11) is 3.95. The molecule has 122 valence electrons. The van der Waals surface area contributed by atoms with Crippen LogP contribution in [0.1, 0.15) is 11.6 Å². The number of rotatable bonds is 7. The lowest BCUT2D eigenvalue weighted by molar-refractivity contribution is -0.123. The van der Waals surface area contributed by atoms with E-state index in [0.29, 0.717) is 12.3 Å². The van der Waals surface area contributed by atoms with Gasteiger partial charge in [0, 0.05) is 6.54 Å². The summed E-state index contributed by atoms with van der Waals surface area (Å²) < 4.78 is 5.32. The van der Waals surface area contributed by atoms with Crippen molar-refractivity contribution in [2.45, 2.75) is 6.04 Å². The number of aromatic hydroxyl groups is 1. The third kappa shape index (κ3) is 5.00. The minimum atomic E-state index is -0.226. The van der Waals surface area contributed by atoms with Crippen LogP contribution in [0.25, 0.3) is 0 Å². The maximum Gasteiger partial charge on any atom is 0.258 e. The van der Waals surface area contributed by atoms with Crippen molar-refractivity contribution >= 4 is 5.91 Å². The highest BCUT2D eigenvalue weighted by Gasteiger charge is 2.15. The number of likely N-dealkylation sites (N-methyl/N-ethyl adjacent to an activating group) is 1. The first-order valence-corrected chi connectivity index (χ1v) is 7.47. The summed E-state index contributed by atoms with van der Waals surface area (Å²) in [5.74, 6) is 0.0988. The summed E-state index contributed by atoms with van der Waals surface area (Å²) in [6.45, 7) is 0.354. The SMILES string of the molecule is CN(C)C(CNC(=O)COc1ccccc1O)c1ccccc1. The van der Waals surface area contributed by atoms with Gasteiger partial charge in [-0.1, -0.05) is 42.5 Å². The van der Waals surface area contributed by atoms with Crippen molar-refractivity contribution < 1.29 is 14.6 Å². The number of hydrogen-bond acceptors (Lipinski definition) is 4. The van der Waals surface area contributed by atoms with Gasteiger partial charge in [-0.15, -0.1) is 0 Å². The highest BCUT2D eigenvalue weighted by atomic mass is 16.5. The maximum atomic E-state index is 11.9. The van der Waals surface area contributed by atoms with Gasteiger partial charge in [0.2, 0.25) is 0 Å². The zero-order chi connectivity index (χ0) is 16.7. The number of carbonyl (C=O) groups excluding carboxylic acids is 1. The monoisotopic (exact) mass is 314 g/mol. The molecule has 0 saturated heterocycles. The smallest absolute Gasteiger partial charge is 0.258 e. The standard InChI is InChI=1S/C18H22N2O3/c1-20(2)15(14-8-4-3-5-9-14)12-19-18(22)13-23-17-11-7-6-10-16(17)21/h3-11,15,21H,12-13H2,1-2H3,(H,19,22). The van der Waals surface area contributed by atoms with E-state index in [-0.39, 0.29) is 24.3 Å². The molecule has 0 saturated carbocycles. The topological polar surface area (TPSA) is 61.8 Å². The molecule has 0 spiro atoms. The van der Waals surface area contributed by atoms with Crippen molar-refractivity contribution in [3.05, 3.63) is 60.2 Å². The number of hydrogen-bond donors (Lipinski definition) is 2. The Morgan fingerprint density at radius 1 is 1.13 bits per heavy atom. The van der Waals surface area contributed by atoms with Gasteiger partial charge in [0.15, 0.2) is 18.1 Å². The van der Waals surface area contributed by atoms with Crippen LogP contribution in [0.4, 0.5) is 0 Å². The van der Waals surface area contributed by atoms with Gasteiger partial charge in [-0.25, -0.2) is 0 Å². The molecule has 0 radical (unpaired) electrons. The molecule has 2 N–H and O–H groups in total. The molecule has 0 fully saturated rings. The minimum absolute atomic E-state index is 0.0238. The molecule has 0 bridgehead atoms. The van der Waals surface area contributed by atoms with Crippen molar-refractivity contribution in [3.8, 4) is 11.5 Å². The molecule has 2 aromatic rings. The lowest BCUT2D eigenvalue weighted by Gasteiger charge is -2.25. The number of phenols is 1. The molecule has 23 heavy (non-hydrogen) atoms. The highest BCUT2D eigenvalue weighted by molar-refractivity contribution is 5.77. The Morgan fingerprint density at radius 2 is 1.78 bits per heavy atom. The van der Waals surface area contributed by atoms with E-state index in [1.807, 2.05) is 44.4 Å². The molecule has 0 aliphatic carbocycles. The Hall–Kier alpha value is -2.53. The molecule has 0 aromatic heterocycles. The van der Waals surface area contributed by atoms with E-state index >= 15 is 0 Å². The van der Waals surface area contributed by atoms with Gasteiger partial charge >= 0.3 is 0 Å². The number of ether oxygens (including phenoxy) is 1. The molecule has 2 rings (SSSR count). The molecule has 0 aliphatic rings. The largest absolute Gasteiger partial charge is 0.504 e. The summed E-state index contributed by atoms with van der Waals surface area (Å²) in [4.78, 5) is 14.0. The van der Waals surface area contributed by atoms with Crippen LogP contribution in [-0.4, -0.2) is 43.2 Å². The first kappa shape index (κ1) is 16.8. The van der Waals surface area contributed by atoms with E-state index in [9.17, 15) is 9.90 Å². The second kappa shape index (κ2) is 8.19. The van der Waals surface area contributed by atoms with Crippen molar-refractivity contribution in [1.29, 1.82) is 0 Å². The number of nitrogens with one attached hydrogen (secondary N) is 1. The van der Waals surface area contributed by atoms with Crippen LogP contribution >= 0.6 is 0 Å². The predicted octanol–water partition coefficient (Wildman–Crippen LogP) is 2.19. The Balaban J connectivity index is 1.86. The number of benzene rings is 2. The fraction of sp³-hybridized carbons (Fsp3) is 0.278. The molecule has 1 unspecified atom stereocenters. The highest BCUT2D eigenvalue weighted by Crippen LogP contribution is 2.24. The summed E-state index contributed by atoms with van der Waals surface area (Å²) in [6, 6.07) is 16.7. The van der Waals surface area contributed by atoms with Crippen LogP contribution in [0, 0.1) is 0 Å². The average Bonchev–Trinajstić information content (AvgIpc) is 2.55. The van der Waals surface area contributed by atoms with Gasteiger partial charge in [-0.05, 0) is 31.8 Å². The Kier molecular flexibility index (Phi) is 6.00. The second-order valence-electron chi connectivity index (χ2n) is 5.45. The van der Waals surface area contributed by atoms with Crippen molar-refractivity contribution in [1.82, 2.24) is 10.2 Å². The quantitative estimate of drug-likeness (QED) is 0.822. The third-order valence-corrected chi connectivity index (χ3v) is 3.52. The van der Waals surface area contributed by atoms with Gasteiger partial charge in [0.1, 0.15) is 0 Å². The molecule has 0 heterocycles. The van der Waals surface area contributed by atoms with Crippen molar-refractivity contribution in [2.24, 2.45) is 0 Å². The maximum absolute atomic E-state index is 11.9. The number of carbonyl (C=O) groups is 1. The minimum Gasteiger partial charge on any atom is -0.504 e. The van der Waals surface area contributed by atoms with Gasteiger partial charge in [0.25, 0.3) is 5.91 Å². The number of phenolic OH excluding ortho intramolecular Hbond substituents is 1. The van der Waals surface area contributed by atoms with Crippen LogP contribution < -0.4 is 10.1 Å². The fourth-order valence-corrected chi connectivity index (χ4v) is 2.26. The molecule has 2 aromatic carbocycles. The number of para-hydroxylation sites is 2. The zero-order valence-electron chi connectivity index (χ0n) is 13.4. The van der Waals surface area contributed by atoms with Gasteiger partial charge in [0.05, 0.1) is 6.04 Å². The van der Waals surface area contributed by atoms with Crippen LogP contribution in [0.3, 0.4) is 0 Å². The molecule has 5 heteroatoms. The fourth-order valence-electron chi connectivity index (χ4n) is 2.26. The summed E-state index contributed by atoms with van der Waals surface area (Å²) in [5, 5.41) is 12.5. The summed E-state index contributed by atoms with van der Waals surface area (Å²) in [5.41, 5.74) is 1.14. The zero-order valence-corrected chi connectivity index (χ0v) is 13.4. The predicted molar refractivity (Wildman–Crippen MR) is 89.5 cm³/mol. The van der Waals surface area contributed by atoms with Crippen LogP contribution in [0.15, 0.2) is 54.6 Å². The second-order valence-corrected chi connectivity index (χ2v) is 5.45. The molecule has 1 atom stereocenters. The van der Waals surface area contributed by atoms with Crippen LogP contribution in [0.5, 0.6) is 11.5 Å². The number of nitrogens with zero attached hydrogens (tertiary/aromatic N) is 1. The summed E-state index contributed by atoms with van der Waals surface area (Å²) >= 11 is 0. The first-order valence-electron chi connectivity index (χ1n) is 7.47. The normalized spacial score (nSPS) is 12.0. The van der Waals surface area contributed by atoms with E-state index in [1.54, 1.807) is 18.2 Å². The van der Waals surface area contributed by atoms with Crippen molar-refractivity contribution in [3.63, 3.8) is 0 Å². The van der Waals surface area contributed by atoms with Gasteiger partial charge in [-0.2, -0.15) is 0 Å². The Labute approximate surface area is 136 Å². The van der Waals surface area contributed by atoms with Crippen LogP contribution in [0.2, 0.25) is 0 Å². The van der Waals surface area contributed by atoms with E-state index in [0.717, 1.165) is 5.56 Å². The van der Waals surface area contributed by atoms with E-state index in [2.05, 4.69) is 10.2 Å². The van der Waals surface area contributed by atoms with Gasteiger partial charge in [-0.3, -0.25) is 4.79 Å². The van der Waals surface area contributed by atoms with E-state index in [1.165, 1.54) is 6.07 Å². The molecule has 0 aliphatic heterocycles. The lowest BCUT2D eigenvalue weighted by atomic mass is 10.1. The Bertz CT molecular complexity index is 629. The molecular weight excluding hydrogens is 292 g/mol. The van der Waals surface area contributed by atoms with E-state index < -0.39 is 0 Å². The Morgan fingerprint density at radius 3 is 2.43 bits per heavy atom. The third-order valence-electron chi connectivity index (χ3n) is 3.52. The van der Waals surface area contributed by atoms with Gasteiger partial charge < -0.3 is 20.1 Å². The molecule has 1 amide bonds. The number of amides is 1. The van der Waals surface area contributed by atoms with Crippen LogP contribution in [-0.2, 0) is 4.79 Å². The lowest BCUT2D eigenvalue weighted by Crippen LogP contribution is -2.36. The first-order chi connectivity index (χ1) is 11.1. The van der Waals surface area contributed by atoms with E-state index in [4.69, 9.17) is 4.74 Å². The van der Waals surface area contributed by atoms with Crippen molar-refractivity contribution in [2.75, 3.05) is 27.2 Å². The summed E-state index contributed by atoms with van der Waals surface area (Å²) in [6.07, 6.45) is 0. The molecular formula is C18H22N2O3. The molecule has 5 nitrogen and oxygen atoms in total. The average molecular weight is 314 g/mol.